The predicted octanol–water partition coefficient (Wildman–Crippen LogP) is 7.55. The molecular weight excluding hydrogens is 478 g/mol. The lowest BCUT2D eigenvalue weighted by Crippen LogP contribution is -1.99. The number of benzene rings is 3. The molecule has 0 atom stereocenters. The third-order valence-corrected chi connectivity index (χ3v) is 6.69. The van der Waals surface area contributed by atoms with Crippen LogP contribution in [0.25, 0.3) is 16.8 Å². The molecule has 0 aliphatic rings. The van der Waals surface area contributed by atoms with Crippen molar-refractivity contribution >= 4 is 34.4 Å². The second kappa shape index (κ2) is 11.1. The Morgan fingerprint density at radius 2 is 1.89 bits per heavy atom. The number of alkyl halides is 2. The molecule has 3 aromatic carbocycles. The van der Waals surface area contributed by atoms with Crippen LogP contribution in [0.5, 0.6) is 5.75 Å². The summed E-state index contributed by atoms with van der Waals surface area (Å²) < 4.78 is 31.9. The lowest BCUT2D eigenvalue weighted by atomic mass is 10.0. The van der Waals surface area contributed by atoms with Crippen molar-refractivity contribution in [3.63, 3.8) is 0 Å². The van der Waals surface area contributed by atoms with Gasteiger partial charge in [0.05, 0.1) is 12.7 Å². The van der Waals surface area contributed by atoms with E-state index in [1.54, 1.807) is 32.2 Å². The van der Waals surface area contributed by atoms with E-state index in [4.69, 9.17) is 4.74 Å². The number of aryl methyl sites for hydroxylation is 1. The molecule has 0 amide bonds. The highest BCUT2D eigenvalue weighted by Crippen LogP contribution is 2.32. The Labute approximate surface area is 212 Å². The normalized spacial score (nSPS) is 11.2. The Bertz CT molecular complexity index is 1510. The van der Waals surface area contributed by atoms with Crippen LogP contribution in [0.3, 0.4) is 0 Å². The molecule has 0 bridgehead atoms. The average molecular weight is 501 g/mol. The SMILES string of the molecule is COc1ccc(/C=C/C(=O)c2ccc3ccccc3c2)cc1CSc1nc(C(F)F)cc(C)c1C#N. The van der Waals surface area contributed by atoms with Gasteiger partial charge in [0.15, 0.2) is 5.78 Å². The van der Waals surface area contributed by atoms with Gasteiger partial charge in [0, 0.05) is 16.9 Å². The first kappa shape index (κ1) is 25.1. The zero-order valence-electron chi connectivity index (χ0n) is 19.7. The molecule has 180 valence electrons. The number of aromatic nitrogens is 1. The molecule has 4 rings (SSSR count). The Morgan fingerprint density at radius 1 is 1.11 bits per heavy atom. The maximum atomic E-state index is 13.2. The Hall–Kier alpha value is -4.02. The molecule has 0 spiro atoms. The van der Waals surface area contributed by atoms with Gasteiger partial charge in [0.1, 0.15) is 22.5 Å². The van der Waals surface area contributed by atoms with E-state index in [2.05, 4.69) is 11.1 Å². The second-order valence-corrected chi connectivity index (χ2v) is 9.04. The van der Waals surface area contributed by atoms with Crippen LogP contribution in [-0.2, 0) is 5.75 Å². The summed E-state index contributed by atoms with van der Waals surface area (Å²) in [5.74, 6) is 0.840. The number of hydrogen-bond donors (Lipinski definition) is 0. The number of halogens is 2. The van der Waals surface area contributed by atoms with Crippen molar-refractivity contribution in [1.82, 2.24) is 4.98 Å². The number of thioether (sulfide) groups is 1. The van der Waals surface area contributed by atoms with Crippen molar-refractivity contribution in [2.45, 2.75) is 24.1 Å². The zero-order chi connectivity index (χ0) is 25.7. The first-order chi connectivity index (χ1) is 17.4. The quantitative estimate of drug-likeness (QED) is 0.142. The first-order valence-corrected chi connectivity index (χ1v) is 12.1. The fraction of sp³-hybridized carbons (Fsp3) is 0.138. The molecule has 0 saturated heterocycles. The number of nitrogens with zero attached hydrogens (tertiary/aromatic N) is 2. The number of nitriles is 1. The van der Waals surface area contributed by atoms with Gasteiger partial charge in [-0.3, -0.25) is 4.79 Å². The number of ether oxygens (including phenoxy) is 1. The smallest absolute Gasteiger partial charge is 0.280 e. The van der Waals surface area contributed by atoms with Crippen molar-refractivity contribution in [3.8, 4) is 11.8 Å². The molecule has 4 aromatic rings. The van der Waals surface area contributed by atoms with Crippen LogP contribution in [0.15, 0.2) is 77.8 Å². The highest BCUT2D eigenvalue weighted by molar-refractivity contribution is 7.98. The number of carbonyl (C=O) groups is 1. The monoisotopic (exact) mass is 500 g/mol. The maximum Gasteiger partial charge on any atom is 0.280 e. The first-order valence-electron chi connectivity index (χ1n) is 11.1. The summed E-state index contributed by atoms with van der Waals surface area (Å²) in [6.07, 6.45) is 0.526. The molecule has 0 N–H and O–H groups in total. The molecule has 0 saturated carbocycles. The van der Waals surface area contributed by atoms with Crippen molar-refractivity contribution in [2.75, 3.05) is 7.11 Å². The molecule has 0 radical (unpaired) electrons. The van der Waals surface area contributed by atoms with Gasteiger partial charge in [-0.25, -0.2) is 13.8 Å². The van der Waals surface area contributed by atoms with Gasteiger partial charge in [-0.05, 0) is 59.2 Å². The highest BCUT2D eigenvalue weighted by Gasteiger charge is 2.17. The Balaban J connectivity index is 1.55. The van der Waals surface area contributed by atoms with Crippen molar-refractivity contribution in [1.29, 1.82) is 5.26 Å². The zero-order valence-corrected chi connectivity index (χ0v) is 20.5. The summed E-state index contributed by atoms with van der Waals surface area (Å²) >= 11 is 1.19. The molecule has 36 heavy (non-hydrogen) atoms. The summed E-state index contributed by atoms with van der Waals surface area (Å²) in [5, 5.41) is 11.8. The second-order valence-electron chi connectivity index (χ2n) is 8.08. The number of pyridine rings is 1. The maximum absolute atomic E-state index is 13.2. The third-order valence-electron chi connectivity index (χ3n) is 5.67. The molecule has 4 nitrogen and oxygen atoms in total. The molecule has 1 aromatic heterocycles. The fourth-order valence-corrected chi connectivity index (χ4v) is 4.83. The van der Waals surface area contributed by atoms with Gasteiger partial charge in [-0.1, -0.05) is 48.5 Å². The van der Waals surface area contributed by atoms with E-state index >= 15 is 0 Å². The van der Waals surface area contributed by atoms with Gasteiger partial charge in [0.2, 0.25) is 0 Å². The standard InChI is InChI=1S/C29H22F2N2O2S/c1-18-13-25(28(30)31)33-29(24(18)16-32)36-17-23-14-19(8-12-27(23)35-2)7-11-26(34)22-10-9-20-5-3-4-6-21(20)15-22/h3-15,28H,17H2,1-2H3/b11-7+. The van der Waals surface area contributed by atoms with E-state index in [1.807, 2.05) is 48.5 Å². The summed E-state index contributed by atoms with van der Waals surface area (Å²) in [6, 6.07) is 22.2. The summed E-state index contributed by atoms with van der Waals surface area (Å²) in [5.41, 5.74) is 2.55. The largest absolute Gasteiger partial charge is 0.496 e. The molecular formula is C29H22F2N2O2S. The van der Waals surface area contributed by atoms with E-state index in [1.165, 1.54) is 23.9 Å². The average Bonchev–Trinajstić information content (AvgIpc) is 2.89. The predicted molar refractivity (Wildman–Crippen MR) is 139 cm³/mol. The van der Waals surface area contributed by atoms with E-state index < -0.39 is 6.43 Å². The number of methoxy groups -OCH3 is 1. The number of ketones is 1. The van der Waals surface area contributed by atoms with Gasteiger partial charge < -0.3 is 4.74 Å². The van der Waals surface area contributed by atoms with Gasteiger partial charge in [0.25, 0.3) is 6.43 Å². The van der Waals surface area contributed by atoms with E-state index in [-0.39, 0.29) is 22.1 Å². The minimum absolute atomic E-state index is 0.116. The van der Waals surface area contributed by atoms with Gasteiger partial charge in [-0.15, -0.1) is 11.8 Å². The van der Waals surface area contributed by atoms with Crippen LogP contribution < -0.4 is 4.74 Å². The summed E-state index contributed by atoms with van der Waals surface area (Å²) in [6.45, 7) is 1.62. The van der Waals surface area contributed by atoms with Crippen molar-refractivity contribution in [2.24, 2.45) is 0 Å². The Kier molecular flexibility index (Phi) is 7.77. The number of allylic oxidation sites excluding steroid dienone is 1. The van der Waals surface area contributed by atoms with Crippen LogP contribution in [0, 0.1) is 18.3 Å². The number of fused-ring (bicyclic) bond motifs is 1. The van der Waals surface area contributed by atoms with Crippen LogP contribution in [0.4, 0.5) is 8.78 Å². The molecule has 0 aliphatic carbocycles. The number of carbonyl (C=O) groups excluding carboxylic acids is 1. The van der Waals surface area contributed by atoms with Gasteiger partial charge >= 0.3 is 0 Å². The lowest BCUT2D eigenvalue weighted by molar-refractivity contribution is 0.104. The van der Waals surface area contributed by atoms with Crippen LogP contribution in [0.2, 0.25) is 0 Å². The summed E-state index contributed by atoms with van der Waals surface area (Å²) in [4.78, 5) is 16.8. The molecule has 1 heterocycles. The van der Waals surface area contributed by atoms with Crippen LogP contribution >= 0.6 is 11.8 Å². The minimum Gasteiger partial charge on any atom is -0.496 e. The van der Waals surface area contributed by atoms with Gasteiger partial charge in [-0.2, -0.15) is 5.26 Å². The fourth-order valence-electron chi connectivity index (χ4n) is 3.79. The van der Waals surface area contributed by atoms with Crippen molar-refractivity contribution in [3.05, 3.63) is 106 Å². The molecule has 0 unspecified atom stereocenters. The van der Waals surface area contributed by atoms with E-state index in [0.29, 0.717) is 22.6 Å². The number of hydrogen-bond acceptors (Lipinski definition) is 5. The van der Waals surface area contributed by atoms with Crippen molar-refractivity contribution < 1.29 is 18.3 Å². The highest BCUT2D eigenvalue weighted by atomic mass is 32.2. The molecule has 0 fully saturated rings. The summed E-state index contributed by atoms with van der Waals surface area (Å²) in [7, 11) is 1.54. The van der Waals surface area contributed by atoms with E-state index in [0.717, 1.165) is 21.9 Å². The lowest BCUT2D eigenvalue weighted by Gasteiger charge is -2.12. The topological polar surface area (TPSA) is 63.0 Å². The third kappa shape index (κ3) is 5.61. The number of rotatable bonds is 8. The van der Waals surface area contributed by atoms with E-state index in [9.17, 15) is 18.8 Å². The Morgan fingerprint density at radius 3 is 2.61 bits per heavy atom. The minimum atomic E-state index is -2.72. The molecule has 7 heteroatoms. The van der Waals surface area contributed by atoms with Crippen LogP contribution in [-0.4, -0.2) is 17.9 Å². The molecule has 0 aliphatic heterocycles. The van der Waals surface area contributed by atoms with Crippen LogP contribution in [0.1, 0.15) is 44.7 Å².